The van der Waals surface area contributed by atoms with Gasteiger partial charge in [-0.1, -0.05) is 18.2 Å². The number of hydrogen-bond donors (Lipinski definition) is 1. The molecule has 1 N–H and O–H groups in total. The van der Waals surface area contributed by atoms with E-state index in [-0.39, 0.29) is 12.3 Å². The van der Waals surface area contributed by atoms with Crippen LogP contribution in [0, 0.1) is 5.92 Å². The van der Waals surface area contributed by atoms with E-state index in [4.69, 9.17) is 9.84 Å². The Bertz CT molecular complexity index is 468. The van der Waals surface area contributed by atoms with Crippen LogP contribution < -0.4 is 4.74 Å². The summed E-state index contributed by atoms with van der Waals surface area (Å²) in [5.41, 5.74) is 0.952. The third-order valence-corrected chi connectivity index (χ3v) is 3.10. The van der Waals surface area contributed by atoms with E-state index >= 15 is 0 Å². The molecule has 1 aromatic carbocycles. The Morgan fingerprint density at radius 1 is 1.50 bits per heavy atom. The van der Waals surface area contributed by atoms with Crippen LogP contribution in [0.2, 0.25) is 0 Å². The average molecular weight is 250 g/mol. The average Bonchev–Trinajstić information content (AvgIpc) is 2.78. The highest BCUT2D eigenvalue weighted by Crippen LogP contribution is 2.37. The van der Waals surface area contributed by atoms with Gasteiger partial charge >= 0.3 is 11.9 Å². The van der Waals surface area contributed by atoms with Crippen molar-refractivity contribution in [3.63, 3.8) is 0 Å². The quantitative estimate of drug-likeness (QED) is 0.646. The smallest absolute Gasteiger partial charge is 0.320 e. The SMILES string of the molecule is COC(=O)C(CC1COc2ccccc21)C(=O)O. The molecule has 2 unspecified atom stereocenters. The van der Waals surface area contributed by atoms with Gasteiger partial charge in [-0.15, -0.1) is 0 Å². The highest BCUT2D eigenvalue weighted by Gasteiger charge is 2.34. The van der Waals surface area contributed by atoms with Crippen LogP contribution in [0.15, 0.2) is 24.3 Å². The van der Waals surface area contributed by atoms with Crippen LogP contribution in [0.3, 0.4) is 0 Å². The molecule has 0 saturated carbocycles. The van der Waals surface area contributed by atoms with E-state index in [9.17, 15) is 9.59 Å². The van der Waals surface area contributed by atoms with Crippen molar-refractivity contribution in [2.24, 2.45) is 5.92 Å². The van der Waals surface area contributed by atoms with E-state index < -0.39 is 17.9 Å². The number of carbonyl (C=O) groups is 2. The highest BCUT2D eigenvalue weighted by atomic mass is 16.5. The van der Waals surface area contributed by atoms with Crippen molar-refractivity contribution in [1.82, 2.24) is 0 Å². The fraction of sp³-hybridized carbons (Fsp3) is 0.385. The van der Waals surface area contributed by atoms with Gasteiger partial charge in [0.05, 0.1) is 13.7 Å². The summed E-state index contributed by atoms with van der Waals surface area (Å²) in [6.45, 7) is 0.403. The number of benzene rings is 1. The molecular formula is C13H14O5. The number of hydrogen-bond acceptors (Lipinski definition) is 4. The summed E-state index contributed by atoms with van der Waals surface area (Å²) in [6, 6.07) is 7.46. The Balaban J connectivity index is 2.15. The van der Waals surface area contributed by atoms with Crippen molar-refractivity contribution in [3.05, 3.63) is 29.8 Å². The van der Waals surface area contributed by atoms with Gasteiger partial charge in [0.25, 0.3) is 0 Å². The number of carbonyl (C=O) groups excluding carboxylic acids is 1. The van der Waals surface area contributed by atoms with E-state index in [0.717, 1.165) is 11.3 Å². The van der Waals surface area contributed by atoms with Gasteiger partial charge in [0.1, 0.15) is 5.75 Å². The van der Waals surface area contributed by atoms with Gasteiger partial charge in [-0.25, -0.2) is 0 Å². The fourth-order valence-corrected chi connectivity index (χ4v) is 2.15. The van der Waals surface area contributed by atoms with Gasteiger partial charge in [0.2, 0.25) is 0 Å². The molecule has 18 heavy (non-hydrogen) atoms. The van der Waals surface area contributed by atoms with Gasteiger partial charge in [0.15, 0.2) is 5.92 Å². The number of para-hydroxylation sites is 1. The molecule has 0 radical (unpaired) electrons. The zero-order valence-electron chi connectivity index (χ0n) is 9.96. The molecule has 5 nitrogen and oxygen atoms in total. The lowest BCUT2D eigenvalue weighted by atomic mass is 9.90. The summed E-state index contributed by atoms with van der Waals surface area (Å²) >= 11 is 0. The summed E-state index contributed by atoms with van der Waals surface area (Å²) < 4.78 is 9.97. The molecule has 1 aromatic rings. The predicted molar refractivity (Wildman–Crippen MR) is 62.4 cm³/mol. The Morgan fingerprint density at radius 3 is 2.89 bits per heavy atom. The lowest BCUT2D eigenvalue weighted by Gasteiger charge is -2.14. The van der Waals surface area contributed by atoms with Crippen LogP contribution >= 0.6 is 0 Å². The van der Waals surface area contributed by atoms with Gasteiger partial charge < -0.3 is 14.6 Å². The normalized spacial score (nSPS) is 18.6. The summed E-state index contributed by atoms with van der Waals surface area (Å²) in [7, 11) is 1.19. The number of methoxy groups -OCH3 is 1. The van der Waals surface area contributed by atoms with Crippen LogP contribution in [-0.4, -0.2) is 30.8 Å². The predicted octanol–water partition coefficient (Wildman–Crippen LogP) is 1.43. The number of fused-ring (bicyclic) bond motifs is 1. The molecule has 0 aromatic heterocycles. The Morgan fingerprint density at radius 2 is 2.22 bits per heavy atom. The molecular weight excluding hydrogens is 236 g/mol. The van der Waals surface area contributed by atoms with E-state index in [2.05, 4.69) is 4.74 Å². The second-order valence-electron chi connectivity index (χ2n) is 4.20. The molecule has 0 spiro atoms. The van der Waals surface area contributed by atoms with Crippen LogP contribution in [0.1, 0.15) is 17.9 Å². The molecule has 0 bridgehead atoms. The molecule has 1 aliphatic rings. The largest absolute Gasteiger partial charge is 0.493 e. The number of carboxylic acid groups (broad SMARTS) is 1. The molecule has 2 atom stereocenters. The van der Waals surface area contributed by atoms with Gasteiger partial charge in [-0.2, -0.15) is 0 Å². The first-order valence-corrected chi connectivity index (χ1v) is 5.66. The molecule has 5 heteroatoms. The molecule has 0 saturated heterocycles. The second-order valence-corrected chi connectivity index (χ2v) is 4.20. The zero-order valence-corrected chi connectivity index (χ0v) is 9.96. The van der Waals surface area contributed by atoms with E-state index in [1.165, 1.54) is 7.11 Å². The molecule has 2 rings (SSSR count). The van der Waals surface area contributed by atoms with Crippen LogP contribution in [0.25, 0.3) is 0 Å². The second kappa shape index (κ2) is 5.08. The topological polar surface area (TPSA) is 72.8 Å². The minimum absolute atomic E-state index is 0.0820. The maximum Gasteiger partial charge on any atom is 0.320 e. The summed E-state index contributed by atoms with van der Waals surface area (Å²) in [5, 5.41) is 9.04. The van der Waals surface area contributed by atoms with Crippen molar-refractivity contribution < 1.29 is 24.2 Å². The number of ether oxygens (including phenoxy) is 2. The van der Waals surface area contributed by atoms with E-state index in [1.54, 1.807) is 0 Å². The first kappa shape index (κ1) is 12.4. The van der Waals surface area contributed by atoms with E-state index in [0.29, 0.717) is 6.61 Å². The van der Waals surface area contributed by atoms with Gasteiger partial charge in [0, 0.05) is 11.5 Å². The molecule has 1 aliphatic heterocycles. The number of carboxylic acids is 1. The van der Waals surface area contributed by atoms with Crippen LogP contribution in [0.4, 0.5) is 0 Å². The minimum atomic E-state index is -1.16. The maximum atomic E-state index is 11.4. The summed E-state index contributed by atoms with van der Waals surface area (Å²) in [5.74, 6) is -2.34. The lowest BCUT2D eigenvalue weighted by molar-refractivity contribution is -0.157. The zero-order chi connectivity index (χ0) is 13.1. The lowest BCUT2D eigenvalue weighted by Crippen LogP contribution is -2.27. The summed E-state index contributed by atoms with van der Waals surface area (Å²) in [4.78, 5) is 22.5. The molecule has 0 amide bonds. The number of rotatable bonds is 4. The van der Waals surface area contributed by atoms with Crippen molar-refractivity contribution in [3.8, 4) is 5.75 Å². The van der Waals surface area contributed by atoms with Crippen molar-refractivity contribution >= 4 is 11.9 Å². The first-order valence-electron chi connectivity index (χ1n) is 5.66. The Kier molecular flexibility index (Phi) is 3.50. The van der Waals surface area contributed by atoms with Gasteiger partial charge in [-0.05, 0) is 12.5 Å². The summed E-state index contributed by atoms with van der Waals surface area (Å²) in [6.07, 6.45) is 0.193. The standard InChI is InChI=1S/C13H14O5/c1-17-13(16)10(12(14)15)6-8-7-18-11-5-3-2-4-9(8)11/h2-5,8,10H,6-7H2,1H3,(H,14,15). The molecule has 1 heterocycles. The maximum absolute atomic E-state index is 11.4. The highest BCUT2D eigenvalue weighted by molar-refractivity contribution is 5.93. The van der Waals surface area contributed by atoms with E-state index in [1.807, 2.05) is 24.3 Å². The fourth-order valence-electron chi connectivity index (χ4n) is 2.15. The third-order valence-electron chi connectivity index (χ3n) is 3.10. The Labute approximate surface area is 104 Å². The van der Waals surface area contributed by atoms with Crippen molar-refractivity contribution in [1.29, 1.82) is 0 Å². The third kappa shape index (κ3) is 2.30. The Hall–Kier alpha value is -2.04. The van der Waals surface area contributed by atoms with Crippen LogP contribution in [-0.2, 0) is 14.3 Å². The minimum Gasteiger partial charge on any atom is -0.493 e. The van der Waals surface area contributed by atoms with Crippen molar-refractivity contribution in [2.45, 2.75) is 12.3 Å². The van der Waals surface area contributed by atoms with Crippen molar-refractivity contribution in [2.75, 3.05) is 13.7 Å². The number of esters is 1. The molecule has 0 aliphatic carbocycles. The van der Waals surface area contributed by atoms with Crippen LogP contribution in [0.5, 0.6) is 5.75 Å². The number of aliphatic carboxylic acids is 1. The molecule has 96 valence electrons. The molecule has 0 fully saturated rings. The monoisotopic (exact) mass is 250 g/mol. The first-order chi connectivity index (χ1) is 8.63. The van der Waals surface area contributed by atoms with Gasteiger partial charge in [-0.3, -0.25) is 9.59 Å².